The molecule has 19 heteroatoms. The van der Waals surface area contributed by atoms with E-state index in [2.05, 4.69) is 36.9 Å². The van der Waals surface area contributed by atoms with Crippen LogP contribution in [0.5, 0.6) is 5.75 Å². The van der Waals surface area contributed by atoms with Crippen LogP contribution in [0.3, 0.4) is 0 Å². The number of aliphatic hydroxyl groups excluding tert-OH is 1. The van der Waals surface area contributed by atoms with Crippen LogP contribution in [0.15, 0.2) is 97.2 Å². The molecule has 6 rings (SSSR count). The fourth-order valence-corrected chi connectivity index (χ4v) is 8.82. The number of phenols is 1. The van der Waals surface area contributed by atoms with Crippen LogP contribution >= 0.6 is 11.8 Å². The Labute approximate surface area is 391 Å². The standard InChI is InChI=1S/C48H57N9O9S/c1-25(2)40-48(66)55-39(47(65)57-41(26(3)58)42(50)60)24-67-23-38(54-43(61)34(49)19-28-12-15-29-8-4-5-9-30(29)18-28)46(64)52-36(20-27-13-16-32(59)17-14-27)44(62)53-37(45(63)56-40)21-31-22-51-35-11-7-6-10-33(31)35/h4-18,22,25-26,34,36-41,51,58-59H,19-21,23-24,49H2,1-3H3,(H2,50,60)(H,52,64)(H,53,62)(H,54,61)(H,55,66)(H,56,63)(H,57,65)/t26-,34-,36+,37-,38+,39+,40+,41+/m1/s1. The predicted molar refractivity (Wildman–Crippen MR) is 254 cm³/mol. The molecule has 0 unspecified atom stereocenters. The molecule has 1 aliphatic heterocycles. The number of nitrogens with one attached hydrogen (secondary N) is 7. The topological polar surface area (TPSA) is 300 Å². The van der Waals surface area contributed by atoms with Crippen molar-refractivity contribution in [1.29, 1.82) is 0 Å². The molecule has 13 N–H and O–H groups in total. The summed E-state index contributed by atoms with van der Waals surface area (Å²) < 4.78 is 0. The van der Waals surface area contributed by atoms with Crippen molar-refractivity contribution in [1.82, 2.24) is 36.9 Å². The van der Waals surface area contributed by atoms with Crippen molar-refractivity contribution in [2.24, 2.45) is 17.4 Å². The van der Waals surface area contributed by atoms with Crippen molar-refractivity contribution in [2.75, 3.05) is 11.5 Å². The van der Waals surface area contributed by atoms with Crippen LogP contribution in [0.4, 0.5) is 0 Å². The van der Waals surface area contributed by atoms with Crippen molar-refractivity contribution in [2.45, 2.75) is 88.4 Å². The van der Waals surface area contributed by atoms with E-state index in [9.17, 15) is 43.8 Å². The van der Waals surface area contributed by atoms with E-state index in [1.807, 2.05) is 66.7 Å². The molecule has 2 heterocycles. The lowest BCUT2D eigenvalue weighted by Gasteiger charge is -2.30. The van der Waals surface area contributed by atoms with Gasteiger partial charge >= 0.3 is 0 Å². The maximum Gasteiger partial charge on any atom is 0.244 e. The highest BCUT2D eigenvalue weighted by molar-refractivity contribution is 7.99. The Bertz CT molecular complexity index is 2600. The number of rotatable bonds is 13. The van der Waals surface area contributed by atoms with E-state index in [4.69, 9.17) is 11.5 Å². The number of carbonyl (C=O) groups excluding carboxylic acids is 7. The number of para-hydroxylation sites is 1. The maximum absolute atomic E-state index is 14.5. The first-order valence-electron chi connectivity index (χ1n) is 21.9. The van der Waals surface area contributed by atoms with Gasteiger partial charge in [-0.1, -0.05) is 86.6 Å². The number of hydrogen-bond donors (Lipinski definition) is 11. The third-order valence-corrected chi connectivity index (χ3v) is 12.7. The van der Waals surface area contributed by atoms with Crippen molar-refractivity contribution in [3.05, 3.63) is 114 Å². The normalized spacial score (nSPS) is 21.3. The lowest BCUT2D eigenvalue weighted by Crippen LogP contribution is -2.62. The SMILES string of the molecule is CC(C)[C@@H]1NC(=O)[C@@H](Cc2c[nH]c3ccccc23)NC(=O)[C@H](Cc2ccc(O)cc2)NC(=O)[C@@H](NC(=O)[C@H](N)Cc2ccc3ccccc3c2)CSC[C@@H](C(=O)N[C@H](C(N)=O)[C@@H](C)O)NC1=O. The molecule has 0 bridgehead atoms. The van der Waals surface area contributed by atoms with Gasteiger partial charge in [0.25, 0.3) is 0 Å². The fourth-order valence-electron chi connectivity index (χ4n) is 7.75. The number of H-pyrrole nitrogens is 1. The van der Waals surface area contributed by atoms with Crippen LogP contribution in [0, 0.1) is 5.92 Å². The number of amides is 7. The third kappa shape index (κ3) is 13.1. The number of aromatic amines is 1. The Hall–Kier alpha value is -6.96. The van der Waals surface area contributed by atoms with Gasteiger partial charge < -0.3 is 58.6 Å². The van der Waals surface area contributed by atoms with Gasteiger partial charge in [-0.3, -0.25) is 33.6 Å². The molecule has 4 aromatic carbocycles. The summed E-state index contributed by atoms with van der Waals surface area (Å²) in [4.78, 5) is 101. The highest BCUT2D eigenvalue weighted by Crippen LogP contribution is 2.21. The van der Waals surface area contributed by atoms with Crippen LogP contribution in [0.1, 0.15) is 37.5 Å². The van der Waals surface area contributed by atoms with Crippen LogP contribution in [0.2, 0.25) is 0 Å². The molecule has 1 fully saturated rings. The van der Waals surface area contributed by atoms with Gasteiger partial charge in [-0.25, -0.2) is 0 Å². The summed E-state index contributed by atoms with van der Waals surface area (Å²) in [6, 6.07) is 17.3. The molecular formula is C48H57N9O9S. The number of fused-ring (bicyclic) bond motifs is 2. The molecule has 1 saturated heterocycles. The molecule has 7 amide bonds. The lowest BCUT2D eigenvalue weighted by atomic mass is 9.99. The molecule has 0 spiro atoms. The number of primary amides is 1. The van der Waals surface area contributed by atoms with Crippen molar-refractivity contribution < 1.29 is 43.8 Å². The fraction of sp³-hybridized carbons (Fsp3) is 0.354. The quantitative estimate of drug-likeness (QED) is 0.0776. The minimum Gasteiger partial charge on any atom is -0.508 e. The van der Waals surface area contributed by atoms with Crippen molar-refractivity contribution in [3.8, 4) is 5.75 Å². The van der Waals surface area contributed by atoms with E-state index in [0.717, 1.165) is 39.0 Å². The molecule has 8 atom stereocenters. The number of carbonyl (C=O) groups is 7. The number of thioether (sulfide) groups is 1. The zero-order valence-corrected chi connectivity index (χ0v) is 38.1. The van der Waals surface area contributed by atoms with E-state index < -0.39 is 95.7 Å². The summed E-state index contributed by atoms with van der Waals surface area (Å²) in [5, 5.41) is 39.1. The summed E-state index contributed by atoms with van der Waals surface area (Å²) in [6.07, 6.45) is 0.241. The van der Waals surface area contributed by atoms with Crippen LogP contribution < -0.4 is 43.4 Å². The Kier molecular flexibility index (Phi) is 16.6. The number of hydrogen-bond acceptors (Lipinski definition) is 11. The molecule has 18 nitrogen and oxygen atoms in total. The van der Waals surface area contributed by atoms with Gasteiger partial charge in [0.1, 0.15) is 42.0 Å². The zero-order valence-electron chi connectivity index (χ0n) is 37.3. The van der Waals surface area contributed by atoms with E-state index >= 15 is 0 Å². The third-order valence-electron chi connectivity index (χ3n) is 11.5. The zero-order chi connectivity index (χ0) is 48.4. The molecule has 354 valence electrons. The van der Waals surface area contributed by atoms with Gasteiger partial charge in [-0.05, 0) is 64.9 Å². The van der Waals surface area contributed by atoms with E-state index in [-0.39, 0.29) is 36.5 Å². The molecule has 5 aromatic rings. The molecule has 67 heavy (non-hydrogen) atoms. The van der Waals surface area contributed by atoms with E-state index in [0.29, 0.717) is 11.1 Å². The Balaban J connectivity index is 1.36. The highest BCUT2D eigenvalue weighted by Gasteiger charge is 2.36. The molecule has 0 radical (unpaired) electrons. The lowest BCUT2D eigenvalue weighted by molar-refractivity contribution is -0.136. The number of benzene rings is 4. The van der Waals surface area contributed by atoms with E-state index in [1.54, 1.807) is 32.2 Å². The summed E-state index contributed by atoms with van der Waals surface area (Å²) in [7, 11) is 0. The van der Waals surface area contributed by atoms with Gasteiger partial charge in [0.2, 0.25) is 41.4 Å². The number of aliphatic hydroxyl groups is 1. The highest BCUT2D eigenvalue weighted by atomic mass is 32.2. The first-order chi connectivity index (χ1) is 32.0. The largest absolute Gasteiger partial charge is 0.508 e. The number of aromatic nitrogens is 1. The molecule has 0 aliphatic carbocycles. The molecular weight excluding hydrogens is 879 g/mol. The summed E-state index contributed by atoms with van der Waals surface area (Å²) >= 11 is 0.974. The summed E-state index contributed by atoms with van der Waals surface area (Å²) in [5.41, 5.74) is 14.7. The predicted octanol–water partition coefficient (Wildman–Crippen LogP) is 0.560. The Morgan fingerprint density at radius 2 is 1.40 bits per heavy atom. The van der Waals surface area contributed by atoms with Gasteiger partial charge in [0.05, 0.1) is 12.1 Å². The van der Waals surface area contributed by atoms with Crippen molar-refractivity contribution in [3.63, 3.8) is 0 Å². The molecule has 0 saturated carbocycles. The van der Waals surface area contributed by atoms with Gasteiger partial charge in [0.15, 0.2) is 0 Å². The first-order valence-corrected chi connectivity index (χ1v) is 23.1. The molecule has 1 aromatic heterocycles. The van der Waals surface area contributed by atoms with Gasteiger partial charge in [-0.15, -0.1) is 0 Å². The van der Waals surface area contributed by atoms with Crippen LogP contribution in [0.25, 0.3) is 21.7 Å². The monoisotopic (exact) mass is 935 g/mol. The van der Waals surface area contributed by atoms with Crippen molar-refractivity contribution >= 4 is 74.8 Å². The van der Waals surface area contributed by atoms with E-state index in [1.165, 1.54) is 19.1 Å². The number of aromatic hydroxyl groups is 1. The maximum atomic E-state index is 14.5. The smallest absolute Gasteiger partial charge is 0.244 e. The first kappa shape index (κ1) is 49.5. The van der Waals surface area contributed by atoms with Crippen LogP contribution in [-0.2, 0) is 52.8 Å². The second kappa shape index (κ2) is 22.5. The molecule has 1 aliphatic rings. The summed E-state index contributed by atoms with van der Waals surface area (Å²) in [5.74, 6) is -6.78. The number of phenolic OH excluding ortho intramolecular Hbond substituents is 1. The summed E-state index contributed by atoms with van der Waals surface area (Å²) in [6.45, 7) is 4.61. The second-order valence-electron chi connectivity index (χ2n) is 17.1. The Morgan fingerprint density at radius 1 is 0.761 bits per heavy atom. The van der Waals surface area contributed by atoms with Gasteiger partial charge in [0, 0.05) is 41.4 Å². The Morgan fingerprint density at radius 3 is 2.10 bits per heavy atom. The van der Waals surface area contributed by atoms with Crippen LogP contribution in [-0.4, -0.2) is 116 Å². The average Bonchev–Trinajstić information content (AvgIpc) is 3.70. The second-order valence-corrected chi connectivity index (χ2v) is 18.1. The van der Waals surface area contributed by atoms with Gasteiger partial charge in [-0.2, -0.15) is 11.8 Å². The minimum atomic E-state index is -1.53. The number of nitrogens with two attached hydrogens (primary N) is 2. The minimum absolute atomic E-state index is 0.0303. The average molecular weight is 936 g/mol.